The highest BCUT2D eigenvalue weighted by Gasteiger charge is 2.34. The van der Waals surface area contributed by atoms with E-state index in [9.17, 15) is 9.59 Å². The van der Waals surface area contributed by atoms with Crippen molar-refractivity contribution in [2.45, 2.75) is 31.7 Å². The molecule has 0 spiro atoms. The number of carbonyl (C=O) groups excluding carboxylic acids is 1. The first kappa shape index (κ1) is 12.1. The summed E-state index contributed by atoms with van der Waals surface area (Å²) in [5, 5.41) is 15.6. The first-order chi connectivity index (χ1) is 8.15. The fourth-order valence-corrected chi connectivity index (χ4v) is 2.63. The van der Waals surface area contributed by atoms with Crippen LogP contribution in [0.25, 0.3) is 0 Å². The van der Waals surface area contributed by atoms with E-state index in [1.165, 1.54) is 5.56 Å². The largest absolute Gasteiger partial charge is 0.481 e. The van der Waals surface area contributed by atoms with Gasteiger partial charge in [-0.1, -0.05) is 0 Å². The average molecular weight is 253 g/mol. The van der Waals surface area contributed by atoms with Crippen LogP contribution in [0.4, 0.5) is 0 Å². The fourth-order valence-electron chi connectivity index (χ4n) is 1.93. The summed E-state index contributed by atoms with van der Waals surface area (Å²) in [7, 11) is 0. The molecule has 1 fully saturated rings. The van der Waals surface area contributed by atoms with Crippen molar-refractivity contribution in [2.24, 2.45) is 5.92 Å². The molecule has 0 aromatic carbocycles. The van der Waals surface area contributed by atoms with Crippen molar-refractivity contribution in [1.29, 1.82) is 0 Å². The Bertz CT molecular complexity index is 396. The monoisotopic (exact) mass is 253 g/mol. The molecule has 1 aromatic heterocycles. The van der Waals surface area contributed by atoms with Crippen molar-refractivity contribution in [1.82, 2.24) is 5.32 Å². The fraction of sp³-hybridized carbons (Fsp3) is 0.500. The van der Waals surface area contributed by atoms with Crippen LogP contribution in [0.5, 0.6) is 0 Å². The number of thiophene rings is 1. The second kappa shape index (κ2) is 5.31. The van der Waals surface area contributed by atoms with E-state index in [0.717, 1.165) is 6.42 Å². The van der Waals surface area contributed by atoms with Gasteiger partial charge in [0, 0.05) is 12.5 Å². The minimum Gasteiger partial charge on any atom is -0.481 e. The number of hydrogen-bond donors (Lipinski definition) is 2. The number of rotatable bonds is 5. The van der Waals surface area contributed by atoms with E-state index in [-0.39, 0.29) is 17.9 Å². The average Bonchev–Trinajstić information content (AvgIpc) is 2.72. The summed E-state index contributed by atoms with van der Waals surface area (Å²) in [6.45, 7) is 0. The summed E-state index contributed by atoms with van der Waals surface area (Å²) in [6.07, 6.45) is 2.37. The van der Waals surface area contributed by atoms with Crippen LogP contribution in [0.3, 0.4) is 0 Å². The van der Waals surface area contributed by atoms with Gasteiger partial charge in [0.1, 0.15) is 0 Å². The number of aryl methyl sites for hydroxylation is 1. The van der Waals surface area contributed by atoms with E-state index in [0.29, 0.717) is 19.3 Å². The number of aliphatic carboxylic acids is 1. The standard InChI is InChI=1S/C12H15NO3S/c14-11(2-1-8-3-4-17-7-8)13-10-5-9(6-10)12(15)16/h3-4,7,9-10H,1-2,5-6H2,(H,13,14)(H,15,16). The zero-order valence-electron chi connectivity index (χ0n) is 9.39. The highest BCUT2D eigenvalue weighted by Crippen LogP contribution is 2.27. The second-order valence-electron chi connectivity index (χ2n) is 4.40. The molecule has 2 rings (SSSR count). The predicted octanol–water partition coefficient (Wildman–Crippen LogP) is 1.66. The maximum absolute atomic E-state index is 11.6. The maximum atomic E-state index is 11.6. The van der Waals surface area contributed by atoms with Gasteiger partial charge in [-0.25, -0.2) is 0 Å². The molecule has 17 heavy (non-hydrogen) atoms. The summed E-state index contributed by atoms with van der Waals surface area (Å²) < 4.78 is 0. The Hall–Kier alpha value is -1.36. The normalized spacial score (nSPS) is 22.8. The third-order valence-electron chi connectivity index (χ3n) is 3.07. The Kier molecular flexibility index (Phi) is 3.78. The van der Waals surface area contributed by atoms with E-state index in [1.807, 2.05) is 16.8 Å². The molecule has 1 aliphatic rings. The van der Waals surface area contributed by atoms with Gasteiger partial charge in [-0.2, -0.15) is 11.3 Å². The smallest absolute Gasteiger partial charge is 0.306 e. The van der Waals surface area contributed by atoms with Gasteiger partial charge in [0.15, 0.2) is 0 Å². The number of carboxylic acid groups (broad SMARTS) is 1. The molecule has 0 unspecified atom stereocenters. The van der Waals surface area contributed by atoms with Crippen LogP contribution in [0.15, 0.2) is 16.8 Å². The Labute approximate surface area is 104 Å². The molecule has 0 saturated heterocycles. The number of hydrogen-bond acceptors (Lipinski definition) is 3. The summed E-state index contributed by atoms with van der Waals surface area (Å²) in [5.41, 5.74) is 1.18. The molecule has 1 aliphatic carbocycles. The van der Waals surface area contributed by atoms with Crippen LogP contribution < -0.4 is 5.32 Å². The van der Waals surface area contributed by atoms with Crippen molar-refractivity contribution in [2.75, 3.05) is 0 Å². The molecule has 5 heteroatoms. The Morgan fingerprint density at radius 2 is 2.24 bits per heavy atom. The zero-order chi connectivity index (χ0) is 12.3. The van der Waals surface area contributed by atoms with Crippen molar-refractivity contribution in [3.05, 3.63) is 22.4 Å². The van der Waals surface area contributed by atoms with Gasteiger partial charge < -0.3 is 10.4 Å². The van der Waals surface area contributed by atoms with Crippen LogP contribution >= 0.6 is 11.3 Å². The molecule has 1 saturated carbocycles. The third kappa shape index (κ3) is 3.30. The van der Waals surface area contributed by atoms with Crippen LogP contribution in [-0.2, 0) is 16.0 Å². The highest BCUT2D eigenvalue weighted by atomic mass is 32.1. The van der Waals surface area contributed by atoms with Crippen LogP contribution in [0.1, 0.15) is 24.8 Å². The minimum absolute atomic E-state index is 0.0186. The first-order valence-corrected chi connectivity index (χ1v) is 6.62. The van der Waals surface area contributed by atoms with E-state index in [4.69, 9.17) is 5.11 Å². The molecule has 1 amide bonds. The topological polar surface area (TPSA) is 66.4 Å². The molecule has 0 radical (unpaired) electrons. The van der Waals surface area contributed by atoms with Gasteiger partial charge in [-0.05, 0) is 41.7 Å². The highest BCUT2D eigenvalue weighted by molar-refractivity contribution is 7.07. The van der Waals surface area contributed by atoms with Crippen molar-refractivity contribution < 1.29 is 14.7 Å². The van der Waals surface area contributed by atoms with E-state index in [1.54, 1.807) is 11.3 Å². The van der Waals surface area contributed by atoms with Gasteiger partial charge in [-0.15, -0.1) is 0 Å². The van der Waals surface area contributed by atoms with Gasteiger partial charge in [0.2, 0.25) is 5.91 Å². The molecule has 0 aliphatic heterocycles. The molecule has 2 N–H and O–H groups in total. The van der Waals surface area contributed by atoms with Crippen LogP contribution in [0, 0.1) is 5.92 Å². The van der Waals surface area contributed by atoms with E-state index in [2.05, 4.69) is 5.32 Å². The lowest BCUT2D eigenvalue weighted by Crippen LogP contribution is -2.46. The van der Waals surface area contributed by atoms with E-state index < -0.39 is 5.97 Å². The van der Waals surface area contributed by atoms with Gasteiger partial charge >= 0.3 is 5.97 Å². The second-order valence-corrected chi connectivity index (χ2v) is 5.18. The summed E-state index contributed by atoms with van der Waals surface area (Å²) >= 11 is 1.63. The summed E-state index contributed by atoms with van der Waals surface area (Å²) in [4.78, 5) is 22.1. The number of carbonyl (C=O) groups is 2. The van der Waals surface area contributed by atoms with Crippen molar-refractivity contribution in [3.63, 3.8) is 0 Å². The number of amides is 1. The summed E-state index contributed by atoms with van der Waals surface area (Å²) in [5.74, 6) is -1.00. The van der Waals surface area contributed by atoms with Crippen LogP contribution in [0.2, 0.25) is 0 Å². The van der Waals surface area contributed by atoms with Crippen molar-refractivity contribution >= 4 is 23.2 Å². The predicted molar refractivity (Wildman–Crippen MR) is 64.9 cm³/mol. The quantitative estimate of drug-likeness (QED) is 0.838. The molecule has 92 valence electrons. The SMILES string of the molecule is O=C(CCc1ccsc1)NC1CC(C(=O)O)C1. The molecule has 1 heterocycles. The maximum Gasteiger partial charge on any atom is 0.306 e. The van der Waals surface area contributed by atoms with Gasteiger partial charge in [-0.3, -0.25) is 9.59 Å². The molecule has 0 bridgehead atoms. The minimum atomic E-state index is -0.756. The third-order valence-corrected chi connectivity index (χ3v) is 3.81. The van der Waals surface area contributed by atoms with Crippen molar-refractivity contribution in [3.8, 4) is 0 Å². The van der Waals surface area contributed by atoms with Gasteiger partial charge in [0.25, 0.3) is 0 Å². The Balaban J connectivity index is 1.64. The molecule has 4 nitrogen and oxygen atoms in total. The Morgan fingerprint density at radius 3 is 2.82 bits per heavy atom. The molecule has 0 atom stereocenters. The molecular formula is C12H15NO3S. The number of carboxylic acids is 1. The zero-order valence-corrected chi connectivity index (χ0v) is 10.2. The lowest BCUT2D eigenvalue weighted by Gasteiger charge is -2.32. The molecular weight excluding hydrogens is 238 g/mol. The lowest BCUT2D eigenvalue weighted by atomic mass is 9.80. The first-order valence-electron chi connectivity index (χ1n) is 5.68. The van der Waals surface area contributed by atoms with Crippen LogP contribution in [-0.4, -0.2) is 23.0 Å². The van der Waals surface area contributed by atoms with E-state index >= 15 is 0 Å². The van der Waals surface area contributed by atoms with Gasteiger partial charge in [0.05, 0.1) is 5.92 Å². The Morgan fingerprint density at radius 1 is 1.47 bits per heavy atom. The summed E-state index contributed by atoms with van der Waals surface area (Å²) in [6, 6.07) is 2.08. The lowest BCUT2D eigenvalue weighted by molar-refractivity contribution is -0.146. The number of nitrogens with one attached hydrogen (secondary N) is 1. The molecule has 1 aromatic rings.